The van der Waals surface area contributed by atoms with Crippen LogP contribution in [0.5, 0.6) is 5.75 Å². The molecule has 0 aliphatic carbocycles. The van der Waals surface area contributed by atoms with Crippen LogP contribution in [0.2, 0.25) is 5.02 Å². The number of carbonyl (C=O) groups excluding carboxylic acids is 1. The highest BCUT2D eigenvalue weighted by Gasteiger charge is 2.53. The molecule has 5 rings (SSSR count). The maximum atomic E-state index is 14.4. The maximum absolute atomic E-state index is 14.4. The molecule has 1 heterocycles. The van der Waals surface area contributed by atoms with E-state index in [-0.39, 0.29) is 19.1 Å². The molecule has 9 heteroatoms. The highest BCUT2D eigenvalue weighted by molar-refractivity contribution is 9.10. The third kappa shape index (κ3) is 6.89. The SMILES string of the molecule is O=C(NCc1ccccc1Cl)[C@]1(Cc2ccc(Br)cc2)N=C(c2ccc(OCCCO)cc2)O[C@@H]1c1ccccc1Br. The van der Waals surface area contributed by atoms with E-state index in [4.69, 9.17) is 31.2 Å². The zero-order chi connectivity index (χ0) is 29.5. The van der Waals surface area contributed by atoms with Gasteiger partial charge in [-0.25, -0.2) is 4.99 Å². The molecule has 0 spiro atoms. The van der Waals surface area contributed by atoms with Crippen molar-refractivity contribution < 1.29 is 19.4 Å². The summed E-state index contributed by atoms with van der Waals surface area (Å²) in [7, 11) is 0. The summed E-state index contributed by atoms with van der Waals surface area (Å²) in [6, 6.07) is 30.4. The number of carbonyl (C=O) groups is 1. The van der Waals surface area contributed by atoms with Gasteiger partial charge in [-0.2, -0.15) is 0 Å². The molecule has 0 saturated heterocycles. The Labute approximate surface area is 267 Å². The van der Waals surface area contributed by atoms with Crippen LogP contribution in [0.1, 0.15) is 34.8 Å². The Balaban J connectivity index is 1.57. The van der Waals surface area contributed by atoms with Crippen molar-refractivity contribution in [2.45, 2.75) is 31.0 Å². The zero-order valence-corrected chi connectivity index (χ0v) is 26.5. The normalized spacial score (nSPS) is 17.8. The van der Waals surface area contributed by atoms with Crippen LogP contribution >= 0.6 is 43.5 Å². The lowest BCUT2D eigenvalue weighted by molar-refractivity contribution is -0.129. The maximum Gasteiger partial charge on any atom is 0.252 e. The van der Waals surface area contributed by atoms with Crippen molar-refractivity contribution in [3.05, 3.63) is 133 Å². The van der Waals surface area contributed by atoms with Gasteiger partial charge in [-0.3, -0.25) is 4.79 Å². The number of amides is 1. The molecule has 0 aromatic heterocycles. The Morgan fingerprint density at radius 1 is 0.976 bits per heavy atom. The van der Waals surface area contributed by atoms with Gasteiger partial charge in [-0.1, -0.05) is 92.0 Å². The van der Waals surface area contributed by atoms with E-state index in [1.165, 1.54) is 0 Å². The molecular formula is C33H29Br2ClN2O4. The summed E-state index contributed by atoms with van der Waals surface area (Å²) in [6.45, 7) is 0.728. The van der Waals surface area contributed by atoms with Crippen LogP contribution in [-0.4, -0.2) is 35.7 Å². The number of rotatable bonds is 11. The zero-order valence-electron chi connectivity index (χ0n) is 22.6. The van der Waals surface area contributed by atoms with Gasteiger partial charge in [-0.15, -0.1) is 0 Å². The van der Waals surface area contributed by atoms with E-state index in [2.05, 4.69) is 37.2 Å². The fourth-order valence-corrected chi connectivity index (χ4v) is 5.79. The van der Waals surface area contributed by atoms with Gasteiger partial charge in [0, 0.05) is 51.1 Å². The topological polar surface area (TPSA) is 80.2 Å². The first-order valence-electron chi connectivity index (χ1n) is 13.5. The van der Waals surface area contributed by atoms with Crippen LogP contribution in [0.25, 0.3) is 0 Å². The molecule has 2 N–H and O–H groups in total. The molecule has 42 heavy (non-hydrogen) atoms. The second-order valence-electron chi connectivity index (χ2n) is 9.89. The molecule has 0 radical (unpaired) electrons. The van der Waals surface area contributed by atoms with Gasteiger partial charge in [0.25, 0.3) is 5.91 Å². The number of hydrogen-bond donors (Lipinski definition) is 2. The molecule has 0 fully saturated rings. The number of aliphatic imine (C=N–C) groups is 1. The molecule has 0 unspecified atom stereocenters. The van der Waals surface area contributed by atoms with Gasteiger partial charge >= 0.3 is 0 Å². The summed E-state index contributed by atoms with van der Waals surface area (Å²) in [6.07, 6.45) is 0.123. The van der Waals surface area contributed by atoms with Crippen molar-refractivity contribution in [1.82, 2.24) is 5.32 Å². The molecule has 6 nitrogen and oxygen atoms in total. The van der Waals surface area contributed by atoms with E-state index in [1.54, 1.807) is 6.07 Å². The molecule has 216 valence electrons. The van der Waals surface area contributed by atoms with E-state index in [1.807, 2.05) is 91.0 Å². The van der Waals surface area contributed by atoms with E-state index < -0.39 is 11.6 Å². The molecule has 4 aromatic carbocycles. The van der Waals surface area contributed by atoms with Crippen molar-refractivity contribution >= 4 is 55.3 Å². The molecule has 1 aliphatic rings. The minimum Gasteiger partial charge on any atom is -0.494 e. The summed E-state index contributed by atoms with van der Waals surface area (Å²) in [4.78, 5) is 19.5. The van der Waals surface area contributed by atoms with Gasteiger partial charge in [-0.05, 0) is 59.7 Å². The number of halogens is 3. The van der Waals surface area contributed by atoms with Crippen molar-refractivity contribution in [2.24, 2.45) is 4.99 Å². The lowest BCUT2D eigenvalue weighted by Crippen LogP contribution is -2.49. The summed E-state index contributed by atoms with van der Waals surface area (Å²) >= 11 is 13.6. The first kappa shape index (κ1) is 30.3. The minimum absolute atomic E-state index is 0.0676. The molecular weight excluding hydrogens is 684 g/mol. The third-order valence-electron chi connectivity index (χ3n) is 7.00. The number of benzene rings is 4. The fourth-order valence-electron chi connectivity index (χ4n) is 4.83. The van der Waals surface area contributed by atoms with Crippen LogP contribution in [0.15, 0.2) is 111 Å². The standard InChI is InChI=1S/C33H29Br2ClN2O4/c34-25-14-10-22(11-15-25)20-33(32(40)37-21-24-6-1-4-9-29(24)36)30(27-7-2-3-8-28(27)35)42-31(38-33)23-12-16-26(17-13-23)41-19-5-18-39/h1-4,6-17,30,39H,5,18-21H2,(H,37,40)/t30-,33-/m1/s1. The van der Waals surface area contributed by atoms with E-state index in [0.29, 0.717) is 36.1 Å². The first-order chi connectivity index (χ1) is 20.4. The molecule has 2 atom stereocenters. The van der Waals surface area contributed by atoms with Crippen molar-refractivity contribution in [2.75, 3.05) is 13.2 Å². The number of aliphatic hydroxyl groups excluding tert-OH is 1. The van der Waals surface area contributed by atoms with Gasteiger partial charge in [0.2, 0.25) is 5.90 Å². The Kier molecular flexibility index (Phi) is 10.0. The molecule has 0 bridgehead atoms. The van der Waals surface area contributed by atoms with Crippen molar-refractivity contribution in [3.8, 4) is 5.75 Å². The van der Waals surface area contributed by atoms with Crippen LogP contribution < -0.4 is 10.1 Å². The van der Waals surface area contributed by atoms with E-state index >= 15 is 0 Å². The van der Waals surface area contributed by atoms with Crippen LogP contribution in [0.4, 0.5) is 0 Å². The third-order valence-corrected chi connectivity index (χ3v) is 8.62. The second kappa shape index (κ2) is 13.9. The van der Waals surface area contributed by atoms with Gasteiger partial charge < -0.3 is 19.9 Å². The largest absolute Gasteiger partial charge is 0.494 e. The molecule has 1 aliphatic heterocycles. The van der Waals surface area contributed by atoms with Gasteiger partial charge in [0.1, 0.15) is 5.75 Å². The summed E-state index contributed by atoms with van der Waals surface area (Å²) in [5, 5.41) is 12.7. The number of aliphatic hydroxyl groups is 1. The summed E-state index contributed by atoms with van der Waals surface area (Å²) < 4.78 is 14.1. The Bertz CT molecular complexity index is 1560. The lowest BCUT2D eigenvalue weighted by atomic mass is 9.82. The van der Waals surface area contributed by atoms with Crippen molar-refractivity contribution in [1.29, 1.82) is 0 Å². The predicted octanol–water partition coefficient (Wildman–Crippen LogP) is 7.44. The number of nitrogens with one attached hydrogen (secondary N) is 1. The molecule has 1 amide bonds. The van der Waals surface area contributed by atoms with E-state index in [0.717, 1.165) is 31.2 Å². The molecule has 4 aromatic rings. The quantitative estimate of drug-likeness (QED) is 0.159. The average molecular weight is 713 g/mol. The van der Waals surface area contributed by atoms with Gasteiger partial charge in [0.05, 0.1) is 6.61 Å². The smallest absolute Gasteiger partial charge is 0.252 e. The number of nitrogens with zero attached hydrogens (tertiary/aromatic N) is 1. The fraction of sp³-hybridized carbons (Fsp3) is 0.212. The van der Waals surface area contributed by atoms with Crippen LogP contribution in [0, 0.1) is 0 Å². The van der Waals surface area contributed by atoms with Gasteiger partial charge in [0.15, 0.2) is 11.6 Å². The Morgan fingerprint density at radius 3 is 2.40 bits per heavy atom. The average Bonchev–Trinajstić information content (AvgIpc) is 3.38. The highest BCUT2D eigenvalue weighted by atomic mass is 79.9. The second-order valence-corrected chi connectivity index (χ2v) is 12.1. The number of hydrogen-bond acceptors (Lipinski definition) is 5. The van der Waals surface area contributed by atoms with Crippen LogP contribution in [0.3, 0.4) is 0 Å². The van der Waals surface area contributed by atoms with E-state index in [9.17, 15) is 4.79 Å². The summed E-state index contributed by atoms with van der Waals surface area (Å²) in [5.41, 5.74) is 1.95. The minimum atomic E-state index is -1.33. The Morgan fingerprint density at radius 2 is 1.69 bits per heavy atom. The predicted molar refractivity (Wildman–Crippen MR) is 172 cm³/mol. The summed E-state index contributed by atoms with van der Waals surface area (Å²) in [5.74, 6) is 0.763. The highest BCUT2D eigenvalue weighted by Crippen LogP contribution is 2.44. The lowest BCUT2D eigenvalue weighted by Gasteiger charge is -2.31. The monoisotopic (exact) mass is 710 g/mol. The molecule has 0 saturated carbocycles. The Hall–Kier alpha value is -3.17. The number of ether oxygens (including phenoxy) is 2. The first-order valence-corrected chi connectivity index (χ1v) is 15.5. The van der Waals surface area contributed by atoms with Crippen LogP contribution in [-0.2, 0) is 22.5 Å². The van der Waals surface area contributed by atoms with Crippen molar-refractivity contribution in [3.63, 3.8) is 0 Å².